The van der Waals surface area contributed by atoms with Crippen LogP contribution in [0.3, 0.4) is 0 Å². The Morgan fingerprint density at radius 2 is 1.67 bits per heavy atom. The largest absolute Gasteiger partial charge is 0.384 e. The van der Waals surface area contributed by atoms with Gasteiger partial charge >= 0.3 is 0 Å². The maximum Gasteiger partial charge on any atom is 0.137 e. The van der Waals surface area contributed by atoms with Crippen LogP contribution in [-0.2, 0) is 0 Å². The average molecular weight is 313 g/mol. The van der Waals surface area contributed by atoms with E-state index in [0.29, 0.717) is 5.56 Å². The van der Waals surface area contributed by atoms with E-state index in [-0.39, 0.29) is 10.0 Å². The molecule has 0 saturated carbocycles. The first-order chi connectivity index (χ1) is 8.49. The van der Waals surface area contributed by atoms with Gasteiger partial charge in [-0.3, -0.25) is 0 Å². The molecule has 0 aliphatic carbocycles. The first kappa shape index (κ1) is 13.2. The lowest BCUT2D eigenvalue weighted by atomic mass is 10.00. The topological polar surface area (TPSA) is 20.2 Å². The number of hydrogen-bond donors (Lipinski definition) is 1. The first-order valence-electron chi connectivity index (χ1n) is 5.38. The van der Waals surface area contributed by atoms with E-state index in [9.17, 15) is 13.9 Å². The van der Waals surface area contributed by atoms with Crippen molar-refractivity contribution in [2.75, 3.05) is 0 Å². The van der Waals surface area contributed by atoms with Gasteiger partial charge in [0.25, 0.3) is 0 Å². The molecule has 0 aliphatic rings. The lowest BCUT2D eigenvalue weighted by Crippen LogP contribution is -2.03. The molecule has 2 aromatic rings. The number of aryl methyl sites for hydroxylation is 1. The molecule has 4 heteroatoms. The number of aliphatic hydroxyl groups is 1. The number of halogens is 3. The summed E-state index contributed by atoms with van der Waals surface area (Å²) >= 11 is 2.90. The van der Waals surface area contributed by atoms with E-state index < -0.39 is 17.7 Å². The molecule has 0 bridgehead atoms. The van der Waals surface area contributed by atoms with Crippen LogP contribution in [0.5, 0.6) is 0 Å². The van der Waals surface area contributed by atoms with E-state index in [1.807, 2.05) is 19.1 Å². The zero-order valence-electron chi connectivity index (χ0n) is 9.62. The second kappa shape index (κ2) is 5.16. The van der Waals surface area contributed by atoms with Gasteiger partial charge in [0.05, 0.1) is 4.47 Å². The monoisotopic (exact) mass is 312 g/mol. The Hall–Kier alpha value is -1.26. The quantitative estimate of drug-likeness (QED) is 0.827. The van der Waals surface area contributed by atoms with Gasteiger partial charge in [0.2, 0.25) is 0 Å². The van der Waals surface area contributed by atoms with Gasteiger partial charge in [0, 0.05) is 5.56 Å². The minimum Gasteiger partial charge on any atom is -0.384 e. The summed E-state index contributed by atoms with van der Waals surface area (Å²) in [7, 11) is 0. The van der Waals surface area contributed by atoms with Gasteiger partial charge in [-0.2, -0.15) is 0 Å². The standard InChI is InChI=1S/C14H11BrF2O/c1-8-2-4-9(5-3-8)14(18)10-6-13(17)11(15)7-12(10)16/h2-7,14,18H,1H3. The molecule has 1 N–H and O–H groups in total. The Morgan fingerprint density at radius 3 is 2.28 bits per heavy atom. The fourth-order valence-electron chi connectivity index (χ4n) is 1.68. The van der Waals surface area contributed by atoms with E-state index in [1.165, 1.54) is 0 Å². The molecule has 2 rings (SSSR count). The van der Waals surface area contributed by atoms with Gasteiger partial charge < -0.3 is 5.11 Å². The van der Waals surface area contributed by atoms with Crippen molar-refractivity contribution in [2.24, 2.45) is 0 Å². The minimum atomic E-state index is -1.17. The summed E-state index contributed by atoms with van der Waals surface area (Å²) in [5.74, 6) is -1.24. The molecular weight excluding hydrogens is 302 g/mol. The van der Waals surface area contributed by atoms with Gasteiger partial charge in [0.1, 0.15) is 17.7 Å². The summed E-state index contributed by atoms with van der Waals surface area (Å²) in [4.78, 5) is 0. The minimum absolute atomic E-state index is 0.0415. The third-order valence-corrected chi connectivity index (χ3v) is 3.33. The number of hydrogen-bond acceptors (Lipinski definition) is 1. The van der Waals surface area contributed by atoms with Crippen molar-refractivity contribution in [1.29, 1.82) is 0 Å². The van der Waals surface area contributed by atoms with Gasteiger partial charge in [-0.05, 0) is 40.5 Å². The van der Waals surface area contributed by atoms with Crippen LogP contribution in [0.15, 0.2) is 40.9 Å². The third kappa shape index (κ3) is 2.60. The van der Waals surface area contributed by atoms with Gasteiger partial charge in [-0.25, -0.2) is 8.78 Å². The van der Waals surface area contributed by atoms with Crippen LogP contribution in [0.25, 0.3) is 0 Å². The van der Waals surface area contributed by atoms with E-state index in [0.717, 1.165) is 17.7 Å². The fraction of sp³-hybridized carbons (Fsp3) is 0.143. The lowest BCUT2D eigenvalue weighted by Gasteiger charge is -2.13. The van der Waals surface area contributed by atoms with Crippen LogP contribution in [0.2, 0.25) is 0 Å². The first-order valence-corrected chi connectivity index (χ1v) is 6.17. The van der Waals surface area contributed by atoms with Crippen molar-refractivity contribution >= 4 is 15.9 Å². The highest BCUT2D eigenvalue weighted by Crippen LogP contribution is 2.28. The molecule has 0 fully saturated rings. The summed E-state index contributed by atoms with van der Waals surface area (Å²) in [6.45, 7) is 1.91. The molecule has 0 aliphatic heterocycles. The van der Waals surface area contributed by atoms with Crippen molar-refractivity contribution in [3.05, 3.63) is 69.2 Å². The molecular formula is C14H11BrF2O. The summed E-state index contributed by atoms with van der Waals surface area (Å²) < 4.78 is 27.1. The van der Waals surface area contributed by atoms with Gasteiger partial charge in [0.15, 0.2) is 0 Å². The van der Waals surface area contributed by atoms with E-state index in [1.54, 1.807) is 12.1 Å². The Kier molecular flexibility index (Phi) is 3.78. The predicted molar refractivity (Wildman–Crippen MR) is 69.3 cm³/mol. The number of benzene rings is 2. The highest BCUT2D eigenvalue weighted by atomic mass is 79.9. The van der Waals surface area contributed by atoms with Gasteiger partial charge in [-0.1, -0.05) is 29.8 Å². The molecule has 0 radical (unpaired) electrons. The average Bonchev–Trinajstić information content (AvgIpc) is 2.34. The molecule has 0 heterocycles. The Labute approximate surface area is 112 Å². The molecule has 18 heavy (non-hydrogen) atoms. The van der Waals surface area contributed by atoms with E-state index in [4.69, 9.17) is 0 Å². The fourth-order valence-corrected chi connectivity index (χ4v) is 1.99. The molecule has 1 atom stereocenters. The lowest BCUT2D eigenvalue weighted by molar-refractivity contribution is 0.214. The second-order valence-electron chi connectivity index (χ2n) is 4.10. The maximum atomic E-state index is 13.7. The summed E-state index contributed by atoms with van der Waals surface area (Å²) in [6, 6.07) is 9.03. The van der Waals surface area contributed by atoms with E-state index in [2.05, 4.69) is 15.9 Å². The summed E-state index contributed by atoms with van der Waals surface area (Å²) in [5.41, 5.74) is 1.49. The highest BCUT2D eigenvalue weighted by molar-refractivity contribution is 9.10. The Balaban J connectivity index is 2.42. The molecule has 0 spiro atoms. The zero-order valence-corrected chi connectivity index (χ0v) is 11.2. The van der Waals surface area contributed by atoms with Crippen LogP contribution >= 0.6 is 15.9 Å². The molecule has 1 nitrogen and oxygen atoms in total. The number of rotatable bonds is 2. The molecule has 0 aromatic heterocycles. The molecule has 0 saturated heterocycles. The normalized spacial score (nSPS) is 12.5. The van der Waals surface area contributed by atoms with Crippen molar-refractivity contribution in [3.63, 3.8) is 0 Å². The third-order valence-electron chi connectivity index (χ3n) is 2.73. The molecule has 2 aromatic carbocycles. The molecule has 0 amide bonds. The van der Waals surface area contributed by atoms with Crippen LogP contribution in [-0.4, -0.2) is 5.11 Å². The van der Waals surface area contributed by atoms with Crippen LogP contribution in [0.1, 0.15) is 22.8 Å². The second-order valence-corrected chi connectivity index (χ2v) is 4.96. The SMILES string of the molecule is Cc1ccc(C(O)c2cc(F)c(Br)cc2F)cc1. The smallest absolute Gasteiger partial charge is 0.137 e. The molecule has 94 valence electrons. The van der Waals surface area contributed by atoms with Crippen LogP contribution < -0.4 is 0 Å². The van der Waals surface area contributed by atoms with Crippen molar-refractivity contribution in [2.45, 2.75) is 13.0 Å². The van der Waals surface area contributed by atoms with Crippen molar-refractivity contribution in [3.8, 4) is 0 Å². The summed E-state index contributed by atoms with van der Waals surface area (Å²) in [5, 5.41) is 10.1. The van der Waals surface area contributed by atoms with Crippen LogP contribution in [0.4, 0.5) is 8.78 Å². The summed E-state index contributed by atoms with van der Waals surface area (Å²) in [6.07, 6.45) is -1.17. The van der Waals surface area contributed by atoms with Gasteiger partial charge in [-0.15, -0.1) is 0 Å². The maximum absolute atomic E-state index is 13.7. The predicted octanol–water partition coefficient (Wildman–Crippen LogP) is 4.12. The zero-order chi connectivity index (χ0) is 13.3. The van der Waals surface area contributed by atoms with Crippen molar-refractivity contribution in [1.82, 2.24) is 0 Å². The molecule has 1 unspecified atom stereocenters. The number of aliphatic hydroxyl groups excluding tert-OH is 1. The van der Waals surface area contributed by atoms with Crippen molar-refractivity contribution < 1.29 is 13.9 Å². The Bertz CT molecular complexity index is 567. The van der Waals surface area contributed by atoms with Crippen LogP contribution in [0, 0.1) is 18.6 Å². The van der Waals surface area contributed by atoms with E-state index >= 15 is 0 Å². The highest BCUT2D eigenvalue weighted by Gasteiger charge is 2.17. The Morgan fingerprint density at radius 1 is 1.06 bits per heavy atom.